The summed E-state index contributed by atoms with van der Waals surface area (Å²) in [5, 5.41) is 3.24. The van der Waals surface area contributed by atoms with Crippen LogP contribution in [0, 0.1) is 5.41 Å². The summed E-state index contributed by atoms with van der Waals surface area (Å²) in [7, 11) is -1.55. The van der Waals surface area contributed by atoms with Gasteiger partial charge in [-0.3, -0.25) is 4.99 Å². The van der Waals surface area contributed by atoms with Crippen LogP contribution < -0.4 is 10.0 Å². The Balaban J connectivity index is 0.00000392. The highest BCUT2D eigenvalue weighted by molar-refractivity contribution is 14.0. The van der Waals surface area contributed by atoms with Gasteiger partial charge in [0.1, 0.15) is 0 Å². The number of sulfonamides is 1. The number of hydrogen-bond donors (Lipinski definition) is 2. The molecule has 0 aromatic rings. The molecule has 9 heteroatoms. The molecule has 2 N–H and O–H groups in total. The Kier molecular flexibility index (Phi) is 11.6. The Morgan fingerprint density at radius 3 is 2.75 bits per heavy atom. The first-order chi connectivity index (χ1) is 12.9. The standard InChI is InChI=1S/C19H38N4O3S.HI/c1-4-9-19(2)10-7-12-23(16-19)18(20-3)21-11-14-27(24,25)22-15-17-8-5-6-13-26-17;/h17,22H,4-16H2,1-3H3,(H,20,21);1H. The molecule has 2 aliphatic rings. The molecule has 0 amide bonds. The zero-order chi connectivity index (χ0) is 19.8. The number of aliphatic imine (C=N–C) groups is 1. The van der Waals surface area contributed by atoms with Gasteiger partial charge in [0.05, 0.1) is 11.9 Å². The molecule has 2 heterocycles. The van der Waals surface area contributed by atoms with E-state index in [1.807, 2.05) is 0 Å². The quantitative estimate of drug-likeness (QED) is 0.287. The molecule has 0 aromatic heterocycles. The van der Waals surface area contributed by atoms with E-state index < -0.39 is 10.0 Å². The molecule has 2 rings (SSSR count). The minimum Gasteiger partial charge on any atom is -0.377 e. The van der Waals surface area contributed by atoms with Crippen molar-refractivity contribution >= 4 is 40.0 Å². The predicted octanol–water partition coefficient (Wildman–Crippen LogP) is 2.57. The molecule has 2 fully saturated rings. The number of piperidine rings is 1. The van der Waals surface area contributed by atoms with Gasteiger partial charge in [0.15, 0.2) is 5.96 Å². The molecule has 2 atom stereocenters. The van der Waals surface area contributed by atoms with Crippen LogP contribution in [0.3, 0.4) is 0 Å². The van der Waals surface area contributed by atoms with Gasteiger partial charge >= 0.3 is 0 Å². The largest absolute Gasteiger partial charge is 0.377 e. The molecule has 0 radical (unpaired) electrons. The number of nitrogens with one attached hydrogen (secondary N) is 2. The molecule has 0 spiro atoms. The van der Waals surface area contributed by atoms with Gasteiger partial charge in [-0.2, -0.15) is 0 Å². The summed E-state index contributed by atoms with van der Waals surface area (Å²) in [6, 6.07) is 0. The molecular weight excluding hydrogens is 491 g/mol. The lowest BCUT2D eigenvalue weighted by Gasteiger charge is -2.42. The lowest BCUT2D eigenvalue weighted by molar-refractivity contribution is 0.0200. The second-order valence-corrected chi connectivity index (χ2v) is 10.1. The number of halogens is 1. The smallest absolute Gasteiger partial charge is 0.213 e. The van der Waals surface area contributed by atoms with Gasteiger partial charge in [0, 0.05) is 39.8 Å². The molecule has 2 saturated heterocycles. The van der Waals surface area contributed by atoms with E-state index in [-0.39, 0.29) is 35.8 Å². The first-order valence-electron chi connectivity index (χ1n) is 10.4. The molecule has 0 aromatic carbocycles. The Bertz CT molecular complexity index is 578. The van der Waals surface area contributed by atoms with Crippen LogP contribution in [0.25, 0.3) is 0 Å². The van der Waals surface area contributed by atoms with Gasteiger partial charge in [-0.05, 0) is 43.9 Å². The second kappa shape index (κ2) is 12.5. The summed E-state index contributed by atoms with van der Waals surface area (Å²) in [6.45, 7) is 7.99. The van der Waals surface area contributed by atoms with Crippen molar-refractivity contribution in [2.75, 3.05) is 45.6 Å². The number of nitrogens with zero attached hydrogens (tertiary/aromatic N) is 2. The summed E-state index contributed by atoms with van der Waals surface area (Å²) in [5.74, 6) is 0.849. The zero-order valence-corrected chi connectivity index (χ0v) is 20.9. The van der Waals surface area contributed by atoms with Crippen LogP contribution in [0.5, 0.6) is 0 Å². The van der Waals surface area contributed by atoms with Crippen LogP contribution in [0.2, 0.25) is 0 Å². The highest BCUT2D eigenvalue weighted by Crippen LogP contribution is 2.33. The van der Waals surface area contributed by atoms with E-state index in [1.165, 1.54) is 19.3 Å². The van der Waals surface area contributed by atoms with Gasteiger partial charge < -0.3 is 15.0 Å². The Morgan fingerprint density at radius 2 is 2.11 bits per heavy atom. The van der Waals surface area contributed by atoms with Crippen molar-refractivity contribution in [1.29, 1.82) is 0 Å². The highest BCUT2D eigenvalue weighted by Gasteiger charge is 2.31. The third kappa shape index (κ3) is 8.71. The van der Waals surface area contributed by atoms with Crippen LogP contribution in [-0.2, 0) is 14.8 Å². The normalized spacial score (nSPS) is 26.6. The van der Waals surface area contributed by atoms with Gasteiger partial charge in [0.25, 0.3) is 0 Å². The Morgan fingerprint density at radius 1 is 1.32 bits per heavy atom. The van der Waals surface area contributed by atoms with Crippen molar-refractivity contribution in [3.8, 4) is 0 Å². The number of hydrogen-bond acceptors (Lipinski definition) is 4. The predicted molar refractivity (Wildman–Crippen MR) is 126 cm³/mol. The maximum atomic E-state index is 12.2. The second-order valence-electron chi connectivity index (χ2n) is 8.22. The zero-order valence-electron chi connectivity index (χ0n) is 17.7. The molecule has 0 bridgehead atoms. The molecule has 0 saturated carbocycles. The average Bonchev–Trinajstić information content (AvgIpc) is 2.64. The fourth-order valence-corrected chi connectivity index (χ4v) is 5.15. The molecule has 166 valence electrons. The van der Waals surface area contributed by atoms with Crippen molar-refractivity contribution in [1.82, 2.24) is 14.9 Å². The minimum absolute atomic E-state index is 0. The summed E-state index contributed by atoms with van der Waals surface area (Å²) >= 11 is 0. The number of guanidine groups is 1. The summed E-state index contributed by atoms with van der Waals surface area (Å²) in [6.07, 6.45) is 7.91. The van der Waals surface area contributed by atoms with E-state index in [2.05, 4.69) is 33.8 Å². The lowest BCUT2D eigenvalue weighted by atomic mass is 9.78. The van der Waals surface area contributed by atoms with Gasteiger partial charge in [-0.25, -0.2) is 13.1 Å². The average molecular weight is 531 g/mol. The third-order valence-corrected chi connectivity index (χ3v) is 6.95. The summed E-state index contributed by atoms with van der Waals surface area (Å²) in [4.78, 5) is 6.65. The topological polar surface area (TPSA) is 83.0 Å². The van der Waals surface area contributed by atoms with Gasteiger partial charge in [-0.15, -0.1) is 24.0 Å². The van der Waals surface area contributed by atoms with E-state index >= 15 is 0 Å². The molecule has 7 nitrogen and oxygen atoms in total. The Labute approximate surface area is 188 Å². The van der Waals surface area contributed by atoms with Crippen molar-refractivity contribution in [3.05, 3.63) is 0 Å². The van der Waals surface area contributed by atoms with Crippen molar-refractivity contribution in [2.45, 2.75) is 64.9 Å². The van der Waals surface area contributed by atoms with Gasteiger partial charge in [0.2, 0.25) is 10.0 Å². The first-order valence-corrected chi connectivity index (χ1v) is 12.1. The van der Waals surface area contributed by atoms with E-state index in [9.17, 15) is 8.42 Å². The SMILES string of the molecule is CCCC1(C)CCCN(C(=NC)NCCS(=O)(=O)NCC2CCCCO2)C1.I. The fraction of sp³-hybridized carbons (Fsp3) is 0.947. The molecule has 2 aliphatic heterocycles. The lowest BCUT2D eigenvalue weighted by Crippen LogP contribution is -2.50. The molecule has 2 unspecified atom stereocenters. The van der Waals surface area contributed by atoms with E-state index in [4.69, 9.17) is 4.74 Å². The van der Waals surface area contributed by atoms with Crippen LogP contribution in [0.4, 0.5) is 0 Å². The number of likely N-dealkylation sites (tertiary alicyclic amines) is 1. The van der Waals surface area contributed by atoms with Gasteiger partial charge in [-0.1, -0.05) is 20.3 Å². The number of ether oxygens (including phenoxy) is 1. The maximum absolute atomic E-state index is 12.2. The maximum Gasteiger partial charge on any atom is 0.213 e. The molecular formula is C19H39IN4O3S. The Hall–Kier alpha value is -0.130. The van der Waals surface area contributed by atoms with Crippen molar-refractivity contribution < 1.29 is 13.2 Å². The van der Waals surface area contributed by atoms with E-state index in [0.717, 1.165) is 51.3 Å². The highest BCUT2D eigenvalue weighted by atomic mass is 127. The van der Waals surface area contributed by atoms with E-state index in [0.29, 0.717) is 18.5 Å². The summed E-state index contributed by atoms with van der Waals surface area (Å²) < 4.78 is 32.8. The van der Waals surface area contributed by atoms with Crippen LogP contribution in [-0.4, -0.2) is 71.0 Å². The first kappa shape index (κ1) is 25.9. The van der Waals surface area contributed by atoms with Crippen LogP contribution in [0.15, 0.2) is 4.99 Å². The third-order valence-electron chi connectivity index (χ3n) is 5.60. The van der Waals surface area contributed by atoms with E-state index in [1.54, 1.807) is 7.05 Å². The summed E-state index contributed by atoms with van der Waals surface area (Å²) in [5.41, 5.74) is 0.318. The minimum atomic E-state index is -3.31. The monoisotopic (exact) mass is 530 g/mol. The van der Waals surface area contributed by atoms with Crippen LogP contribution >= 0.6 is 24.0 Å². The number of rotatable bonds is 8. The van der Waals surface area contributed by atoms with Crippen molar-refractivity contribution in [2.24, 2.45) is 10.4 Å². The fourth-order valence-electron chi connectivity index (χ4n) is 4.19. The van der Waals surface area contributed by atoms with Crippen LogP contribution in [0.1, 0.15) is 58.8 Å². The molecule has 28 heavy (non-hydrogen) atoms. The molecule has 0 aliphatic carbocycles. The van der Waals surface area contributed by atoms with Crippen molar-refractivity contribution in [3.63, 3.8) is 0 Å².